The third kappa shape index (κ3) is 14.1. The van der Waals surface area contributed by atoms with Crippen molar-refractivity contribution in [2.24, 2.45) is 0 Å². The Morgan fingerprint density at radius 3 is 2.15 bits per heavy atom. The van der Waals surface area contributed by atoms with Crippen LogP contribution in [0.5, 0.6) is 0 Å². The number of amides is 2. The Morgan fingerprint density at radius 2 is 1.59 bits per heavy atom. The van der Waals surface area contributed by atoms with Crippen molar-refractivity contribution in [3.8, 4) is 0 Å². The number of unbranched alkanes of at least 4 members (excludes halogenated alkanes) is 1. The van der Waals surface area contributed by atoms with E-state index in [1.165, 1.54) is 19.1 Å². The van der Waals surface area contributed by atoms with Crippen molar-refractivity contribution in [2.45, 2.75) is 122 Å². The van der Waals surface area contributed by atoms with Crippen LogP contribution < -0.4 is 10.6 Å². The predicted molar refractivity (Wildman–Crippen MR) is 137 cm³/mol. The molecule has 0 saturated carbocycles. The van der Waals surface area contributed by atoms with Crippen LogP contribution >= 0.6 is 21.6 Å². The average molecular weight is 519 g/mol. The minimum Gasteiger partial charge on any atom is -0.460 e. The molecule has 1 aliphatic heterocycles. The fourth-order valence-corrected chi connectivity index (χ4v) is 6.20. The zero-order valence-corrected chi connectivity index (χ0v) is 23.3. The van der Waals surface area contributed by atoms with Gasteiger partial charge in [-0.25, -0.2) is 4.79 Å². The van der Waals surface area contributed by atoms with Gasteiger partial charge in [-0.15, -0.1) is 0 Å². The molecule has 10 heteroatoms. The number of nitrogens with one attached hydrogen (secondary N) is 2. The van der Waals surface area contributed by atoms with E-state index in [-0.39, 0.29) is 18.7 Å². The van der Waals surface area contributed by atoms with Gasteiger partial charge in [0.1, 0.15) is 23.3 Å². The van der Waals surface area contributed by atoms with Crippen LogP contribution in [-0.2, 0) is 28.7 Å². The first-order valence-corrected chi connectivity index (χ1v) is 14.4. The molecule has 0 radical (unpaired) electrons. The molecular weight excluding hydrogens is 476 g/mol. The number of esters is 2. The maximum atomic E-state index is 12.9. The largest absolute Gasteiger partial charge is 0.460 e. The molecule has 8 nitrogen and oxygen atoms in total. The average Bonchev–Trinajstić information content (AvgIpc) is 3.19. The summed E-state index contributed by atoms with van der Waals surface area (Å²) in [5.41, 5.74) is -1.32. The lowest BCUT2D eigenvalue weighted by Crippen LogP contribution is -2.51. The summed E-state index contributed by atoms with van der Waals surface area (Å²) in [4.78, 5) is 49.8. The lowest BCUT2D eigenvalue weighted by Gasteiger charge is -2.25. The van der Waals surface area contributed by atoms with E-state index in [4.69, 9.17) is 9.47 Å². The monoisotopic (exact) mass is 518 g/mol. The summed E-state index contributed by atoms with van der Waals surface area (Å²) in [7, 11) is 3.82. The van der Waals surface area contributed by atoms with Crippen molar-refractivity contribution in [2.75, 3.05) is 5.75 Å². The van der Waals surface area contributed by atoms with E-state index in [2.05, 4.69) is 10.6 Å². The smallest absolute Gasteiger partial charge is 0.328 e. The fraction of sp³-hybridized carbons (Fsp3) is 0.833. The molecule has 2 unspecified atom stereocenters. The molecule has 0 spiro atoms. The normalized spacial score (nSPS) is 18.0. The first kappa shape index (κ1) is 30.6. The van der Waals surface area contributed by atoms with Crippen molar-refractivity contribution in [3.63, 3.8) is 0 Å². The van der Waals surface area contributed by atoms with Crippen LogP contribution in [0.1, 0.15) is 93.4 Å². The molecule has 2 amide bonds. The molecular formula is C24H42N2O6S2. The van der Waals surface area contributed by atoms with Crippen molar-refractivity contribution < 1.29 is 28.7 Å². The second-order valence-electron chi connectivity index (χ2n) is 10.6. The van der Waals surface area contributed by atoms with Gasteiger partial charge in [0.25, 0.3) is 0 Å². The Labute approximate surface area is 212 Å². The molecule has 1 aliphatic rings. The highest BCUT2D eigenvalue weighted by Gasteiger charge is 2.28. The van der Waals surface area contributed by atoms with Gasteiger partial charge < -0.3 is 20.1 Å². The summed E-state index contributed by atoms with van der Waals surface area (Å²) < 4.78 is 10.6. The van der Waals surface area contributed by atoms with E-state index in [0.29, 0.717) is 11.7 Å². The first-order chi connectivity index (χ1) is 15.7. The van der Waals surface area contributed by atoms with E-state index in [1.807, 2.05) is 21.6 Å². The van der Waals surface area contributed by atoms with E-state index in [0.717, 1.165) is 19.3 Å². The number of hydrogen-bond donors (Lipinski definition) is 2. The predicted octanol–water partition coefficient (Wildman–Crippen LogP) is 4.15. The second-order valence-corrected chi connectivity index (χ2v) is 13.4. The summed E-state index contributed by atoms with van der Waals surface area (Å²) in [6, 6.07) is -1.85. The van der Waals surface area contributed by atoms with Crippen molar-refractivity contribution >= 4 is 45.3 Å². The van der Waals surface area contributed by atoms with E-state index < -0.39 is 41.1 Å². The summed E-state index contributed by atoms with van der Waals surface area (Å²) in [5, 5.41) is 6.00. The maximum absolute atomic E-state index is 12.9. The Hall–Kier alpha value is -1.42. The van der Waals surface area contributed by atoms with Gasteiger partial charge in [0.15, 0.2) is 0 Å². The fourth-order valence-electron chi connectivity index (χ4n) is 3.18. The zero-order valence-electron chi connectivity index (χ0n) is 21.7. The summed E-state index contributed by atoms with van der Waals surface area (Å²) in [6.07, 6.45) is 4.34. The van der Waals surface area contributed by atoms with Gasteiger partial charge in [-0.05, 0) is 74.1 Å². The van der Waals surface area contributed by atoms with Crippen molar-refractivity contribution in [3.05, 3.63) is 0 Å². The highest BCUT2D eigenvalue weighted by molar-refractivity contribution is 8.77. The molecule has 196 valence electrons. The number of hydrogen-bond acceptors (Lipinski definition) is 8. The van der Waals surface area contributed by atoms with Gasteiger partial charge in [-0.3, -0.25) is 14.4 Å². The number of carbonyl (C=O) groups is 4. The summed E-state index contributed by atoms with van der Waals surface area (Å²) in [5.74, 6) is -0.614. The third-order valence-electron chi connectivity index (χ3n) is 4.74. The first-order valence-electron chi connectivity index (χ1n) is 12.0. The quantitative estimate of drug-likeness (QED) is 0.225. The SMILES string of the molecule is CC(NC(=O)C(CCC(=O)OC(C)(C)C)NC(=O)CCCC[C@@H]1CCSS1)C(=O)OC(C)(C)C. The molecule has 2 N–H and O–H groups in total. The van der Waals surface area contributed by atoms with Crippen molar-refractivity contribution in [1.82, 2.24) is 10.6 Å². The van der Waals surface area contributed by atoms with E-state index in [1.54, 1.807) is 41.5 Å². The highest BCUT2D eigenvalue weighted by atomic mass is 33.1. The minimum atomic E-state index is -0.952. The van der Waals surface area contributed by atoms with Crippen LogP contribution in [0.15, 0.2) is 0 Å². The Kier molecular flexibility index (Phi) is 12.8. The standard InChI is InChI=1S/C24H42N2O6S2/c1-16(22(30)32-24(5,6)7)25-21(29)18(12-13-20(28)31-23(2,3)4)26-19(27)11-9-8-10-17-14-15-33-34-17/h16-18H,8-15H2,1-7H3,(H,25,29)(H,26,27)/t16?,17-,18?/m1/s1. The molecule has 0 aromatic heterocycles. The van der Waals surface area contributed by atoms with Crippen molar-refractivity contribution in [1.29, 1.82) is 0 Å². The van der Waals surface area contributed by atoms with Crippen LogP contribution in [0.3, 0.4) is 0 Å². The number of carbonyl (C=O) groups excluding carboxylic acids is 4. The van der Waals surface area contributed by atoms with Gasteiger partial charge in [0.2, 0.25) is 11.8 Å². The third-order valence-corrected chi connectivity index (χ3v) is 7.74. The Bertz CT molecular complexity index is 697. The Balaban J connectivity index is 2.64. The van der Waals surface area contributed by atoms with Crippen LogP contribution in [0.25, 0.3) is 0 Å². The van der Waals surface area contributed by atoms with Crippen LogP contribution in [0.2, 0.25) is 0 Å². The van der Waals surface area contributed by atoms with Gasteiger partial charge in [-0.2, -0.15) is 0 Å². The van der Waals surface area contributed by atoms with Gasteiger partial charge >= 0.3 is 11.9 Å². The molecule has 0 aromatic carbocycles. The van der Waals surface area contributed by atoms with Gasteiger partial charge in [0.05, 0.1) is 0 Å². The molecule has 0 aliphatic carbocycles. The second kappa shape index (κ2) is 14.2. The van der Waals surface area contributed by atoms with E-state index >= 15 is 0 Å². The van der Waals surface area contributed by atoms with Crippen LogP contribution in [0, 0.1) is 0 Å². The molecule has 34 heavy (non-hydrogen) atoms. The van der Waals surface area contributed by atoms with Crippen LogP contribution in [-0.4, -0.2) is 58.0 Å². The molecule has 3 atom stereocenters. The molecule has 1 saturated heterocycles. The maximum Gasteiger partial charge on any atom is 0.328 e. The number of rotatable bonds is 12. The summed E-state index contributed by atoms with van der Waals surface area (Å²) >= 11 is 0. The molecule has 0 bridgehead atoms. The lowest BCUT2D eigenvalue weighted by atomic mass is 10.1. The molecule has 1 rings (SSSR count). The van der Waals surface area contributed by atoms with Crippen LogP contribution in [0.4, 0.5) is 0 Å². The summed E-state index contributed by atoms with van der Waals surface area (Å²) in [6.45, 7) is 12.1. The van der Waals surface area contributed by atoms with Gasteiger partial charge in [-0.1, -0.05) is 28.0 Å². The van der Waals surface area contributed by atoms with Gasteiger partial charge in [0, 0.05) is 23.8 Å². The Morgan fingerprint density at radius 1 is 0.941 bits per heavy atom. The molecule has 1 heterocycles. The topological polar surface area (TPSA) is 111 Å². The minimum absolute atomic E-state index is 0.0347. The molecule has 1 fully saturated rings. The molecule has 0 aromatic rings. The number of ether oxygens (including phenoxy) is 2. The highest BCUT2D eigenvalue weighted by Crippen LogP contribution is 2.39. The lowest BCUT2D eigenvalue weighted by molar-refractivity contribution is -0.159. The van der Waals surface area contributed by atoms with E-state index in [9.17, 15) is 19.2 Å². The zero-order chi connectivity index (χ0) is 25.9.